The van der Waals surface area contributed by atoms with Crippen LogP contribution in [0, 0.1) is 5.82 Å². The summed E-state index contributed by atoms with van der Waals surface area (Å²) in [6.07, 6.45) is 0.900. The summed E-state index contributed by atoms with van der Waals surface area (Å²) in [5, 5.41) is 3.38. The lowest BCUT2D eigenvalue weighted by molar-refractivity contribution is 0.340. The third-order valence-electron chi connectivity index (χ3n) is 3.07. The van der Waals surface area contributed by atoms with E-state index in [2.05, 4.69) is 17.4 Å². The molecule has 2 rings (SSSR count). The second kappa shape index (κ2) is 7.65. The molecule has 0 atom stereocenters. The molecular weight excluding hydrogens is 253 g/mol. The Kier molecular flexibility index (Phi) is 5.56. The highest BCUT2D eigenvalue weighted by Gasteiger charge is 1.96. The first-order chi connectivity index (χ1) is 9.78. The summed E-state index contributed by atoms with van der Waals surface area (Å²) in [4.78, 5) is 0. The summed E-state index contributed by atoms with van der Waals surface area (Å²) in [7, 11) is 0. The van der Waals surface area contributed by atoms with Gasteiger partial charge in [0.25, 0.3) is 0 Å². The van der Waals surface area contributed by atoms with E-state index in [0.717, 1.165) is 30.8 Å². The third-order valence-corrected chi connectivity index (χ3v) is 3.07. The molecule has 106 valence electrons. The van der Waals surface area contributed by atoms with E-state index in [9.17, 15) is 4.39 Å². The van der Waals surface area contributed by atoms with E-state index in [1.54, 1.807) is 0 Å². The lowest BCUT2D eigenvalue weighted by Crippen LogP contribution is -2.16. The highest BCUT2D eigenvalue weighted by Crippen LogP contribution is 2.11. The zero-order valence-corrected chi connectivity index (χ0v) is 11.7. The van der Waals surface area contributed by atoms with Gasteiger partial charge in [-0.15, -0.1) is 0 Å². The van der Waals surface area contributed by atoms with Crippen LogP contribution in [0.3, 0.4) is 0 Å². The van der Waals surface area contributed by atoms with E-state index >= 15 is 0 Å². The number of nitrogens with one attached hydrogen (secondary N) is 1. The second-order valence-corrected chi connectivity index (χ2v) is 4.63. The Morgan fingerprint density at radius 1 is 0.950 bits per heavy atom. The van der Waals surface area contributed by atoms with Crippen molar-refractivity contribution in [2.24, 2.45) is 0 Å². The Morgan fingerprint density at radius 3 is 2.25 bits per heavy atom. The molecule has 2 aromatic carbocycles. The van der Waals surface area contributed by atoms with Gasteiger partial charge in [-0.05, 0) is 55.3 Å². The molecule has 0 fully saturated rings. The Balaban J connectivity index is 1.71. The minimum atomic E-state index is -0.184. The van der Waals surface area contributed by atoms with Crippen LogP contribution in [0.5, 0.6) is 5.75 Å². The molecule has 0 spiro atoms. The molecule has 0 aliphatic rings. The minimum absolute atomic E-state index is 0.184. The molecule has 0 radical (unpaired) electrons. The molecule has 2 aromatic rings. The van der Waals surface area contributed by atoms with Gasteiger partial charge in [0.05, 0.1) is 6.61 Å². The van der Waals surface area contributed by atoms with E-state index in [4.69, 9.17) is 4.74 Å². The van der Waals surface area contributed by atoms with Crippen LogP contribution in [-0.4, -0.2) is 13.2 Å². The van der Waals surface area contributed by atoms with Crippen molar-refractivity contribution in [2.45, 2.75) is 19.9 Å². The number of benzene rings is 2. The molecule has 2 nitrogen and oxygen atoms in total. The fraction of sp³-hybridized carbons (Fsp3) is 0.294. The van der Waals surface area contributed by atoms with Crippen molar-refractivity contribution in [3.05, 3.63) is 65.5 Å². The first-order valence-electron chi connectivity index (χ1n) is 6.95. The molecule has 0 aliphatic heterocycles. The average molecular weight is 273 g/mol. The number of hydrogen-bond donors (Lipinski definition) is 1. The summed E-state index contributed by atoms with van der Waals surface area (Å²) >= 11 is 0. The van der Waals surface area contributed by atoms with E-state index in [0.29, 0.717) is 6.61 Å². The maximum Gasteiger partial charge on any atom is 0.123 e. The Morgan fingerprint density at radius 2 is 1.60 bits per heavy atom. The minimum Gasteiger partial charge on any atom is -0.494 e. The van der Waals surface area contributed by atoms with Gasteiger partial charge in [-0.25, -0.2) is 4.39 Å². The molecule has 0 bridgehead atoms. The van der Waals surface area contributed by atoms with E-state index < -0.39 is 0 Å². The smallest absolute Gasteiger partial charge is 0.123 e. The van der Waals surface area contributed by atoms with Gasteiger partial charge in [0.2, 0.25) is 0 Å². The maximum atomic E-state index is 12.8. The zero-order valence-electron chi connectivity index (χ0n) is 11.7. The van der Waals surface area contributed by atoms with Crippen LogP contribution in [0.15, 0.2) is 48.5 Å². The Bertz CT molecular complexity index is 508. The maximum absolute atomic E-state index is 12.8. The molecule has 3 heteroatoms. The molecular formula is C17H20FNO. The second-order valence-electron chi connectivity index (χ2n) is 4.63. The standard InChI is InChI=1S/C17H20FNO/c1-2-20-17-9-5-15(6-10-17)13-19-12-11-14-3-7-16(18)8-4-14/h3-10,19H,2,11-13H2,1H3. The summed E-state index contributed by atoms with van der Waals surface area (Å²) in [6, 6.07) is 14.8. The number of ether oxygens (including phenoxy) is 1. The van der Waals surface area contributed by atoms with Crippen LogP contribution in [0.1, 0.15) is 18.1 Å². The van der Waals surface area contributed by atoms with Gasteiger partial charge in [-0.2, -0.15) is 0 Å². The van der Waals surface area contributed by atoms with E-state index in [-0.39, 0.29) is 5.82 Å². The quantitative estimate of drug-likeness (QED) is 0.779. The Hall–Kier alpha value is -1.87. The van der Waals surface area contributed by atoms with Gasteiger partial charge in [-0.1, -0.05) is 24.3 Å². The van der Waals surface area contributed by atoms with Gasteiger partial charge < -0.3 is 10.1 Å². The first-order valence-corrected chi connectivity index (χ1v) is 6.95. The predicted molar refractivity (Wildman–Crippen MR) is 79.4 cm³/mol. The van der Waals surface area contributed by atoms with E-state index in [1.165, 1.54) is 17.7 Å². The predicted octanol–water partition coefficient (Wildman–Crippen LogP) is 3.56. The van der Waals surface area contributed by atoms with Crippen molar-refractivity contribution in [3.63, 3.8) is 0 Å². The van der Waals surface area contributed by atoms with Gasteiger partial charge in [0.15, 0.2) is 0 Å². The number of hydrogen-bond acceptors (Lipinski definition) is 2. The van der Waals surface area contributed by atoms with Crippen molar-refractivity contribution in [1.82, 2.24) is 5.32 Å². The summed E-state index contributed by atoms with van der Waals surface area (Å²) < 4.78 is 18.2. The Labute approximate surface area is 119 Å². The van der Waals surface area contributed by atoms with Crippen molar-refractivity contribution in [3.8, 4) is 5.75 Å². The number of rotatable bonds is 7. The summed E-state index contributed by atoms with van der Waals surface area (Å²) in [5.41, 5.74) is 2.37. The largest absolute Gasteiger partial charge is 0.494 e. The van der Waals surface area contributed by atoms with Crippen molar-refractivity contribution < 1.29 is 9.13 Å². The van der Waals surface area contributed by atoms with E-state index in [1.807, 2.05) is 31.2 Å². The third kappa shape index (κ3) is 4.67. The lowest BCUT2D eigenvalue weighted by Gasteiger charge is -2.07. The number of halogens is 1. The molecule has 0 aromatic heterocycles. The normalized spacial score (nSPS) is 10.5. The monoisotopic (exact) mass is 273 g/mol. The van der Waals surface area contributed by atoms with Crippen LogP contribution >= 0.6 is 0 Å². The molecule has 0 saturated heterocycles. The summed E-state index contributed by atoms with van der Waals surface area (Å²) in [5.74, 6) is 0.721. The van der Waals surface area contributed by atoms with Gasteiger partial charge >= 0.3 is 0 Å². The SMILES string of the molecule is CCOc1ccc(CNCCc2ccc(F)cc2)cc1. The molecule has 0 aliphatic carbocycles. The molecule has 0 heterocycles. The van der Waals surface area contributed by atoms with Crippen LogP contribution in [-0.2, 0) is 13.0 Å². The highest BCUT2D eigenvalue weighted by atomic mass is 19.1. The summed E-state index contributed by atoms with van der Waals surface area (Å²) in [6.45, 7) is 4.37. The average Bonchev–Trinajstić information content (AvgIpc) is 2.47. The zero-order chi connectivity index (χ0) is 14.2. The molecule has 0 amide bonds. The molecule has 0 saturated carbocycles. The van der Waals surface area contributed by atoms with Gasteiger partial charge in [0, 0.05) is 6.54 Å². The molecule has 1 N–H and O–H groups in total. The van der Waals surface area contributed by atoms with Crippen molar-refractivity contribution in [1.29, 1.82) is 0 Å². The van der Waals surface area contributed by atoms with Crippen LogP contribution in [0.2, 0.25) is 0 Å². The van der Waals surface area contributed by atoms with Crippen LogP contribution < -0.4 is 10.1 Å². The van der Waals surface area contributed by atoms with Crippen molar-refractivity contribution >= 4 is 0 Å². The van der Waals surface area contributed by atoms with Crippen LogP contribution in [0.25, 0.3) is 0 Å². The fourth-order valence-corrected chi connectivity index (χ4v) is 1.99. The van der Waals surface area contributed by atoms with Gasteiger partial charge in [-0.3, -0.25) is 0 Å². The van der Waals surface area contributed by atoms with Crippen LogP contribution in [0.4, 0.5) is 4.39 Å². The van der Waals surface area contributed by atoms with Crippen molar-refractivity contribution in [2.75, 3.05) is 13.2 Å². The highest BCUT2D eigenvalue weighted by molar-refractivity contribution is 5.27. The molecule has 20 heavy (non-hydrogen) atoms. The van der Waals surface area contributed by atoms with Gasteiger partial charge in [0.1, 0.15) is 11.6 Å². The topological polar surface area (TPSA) is 21.3 Å². The molecule has 0 unspecified atom stereocenters. The lowest BCUT2D eigenvalue weighted by atomic mass is 10.1. The first kappa shape index (κ1) is 14.5. The fourth-order valence-electron chi connectivity index (χ4n) is 1.99.